The number of allylic oxidation sites excluding steroid dienone is 6. The summed E-state index contributed by atoms with van der Waals surface area (Å²) in [5.74, 6) is -0.402. The largest absolute Gasteiger partial charge is 0.321 e. The van der Waals surface area contributed by atoms with E-state index in [1.807, 2.05) is 62.4 Å². The van der Waals surface area contributed by atoms with E-state index in [9.17, 15) is 9.59 Å². The number of hydrogen-bond acceptors (Lipinski definition) is 2. The standard InChI is InChI=1S/C21H21NO2/c1-5-7-11-16(6-2)14(3)18-19(15(4)23)20(22-21(18)24)17-12-9-8-10-13-17/h5-13H,2H2,1,3-4H3,(H,22,24)/b7-5-,16-11+,18-14-. The number of hydrogen-bond donors (Lipinski definition) is 1. The monoisotopic (exact) mass is 319 g/mol. The minimum Gasteiger partial charge on any atom is -0.321 e. The number of carbonyl (C=O) groups excluding carboxylic acids is 2. The summed E-state index contributed by atoms with van der Waals surface area (Å²) in [6.07, 6.45) is 7.34. The molecule has 0 atom stereocenters. The Morgan fingerprint density at radius 3 is 2.38 bits per heavy atom. The van der Waals surface area contributed by atoms with Gasteiger partial charge in [0.2, 0.25) is 0 Å². The van der Waals surface area contributed by atoms with Crippen LogP contribution in [0.25, 0.3) is 5.70 Å². The van der Waals surface area contributed by atoms with Gasteiger partial charge in [-0.3, -0.25) is 9.59 Å². The average Bonchev–Trinajstić information content (AvgIpc) is 2.93. The van der Waals surface area contributed by atoms with Gasteiger partial charge in [0.1, 0.15) is 0 Å². The van der Waals surface area contributed by atoms with Gasteiger partial charge in [0.05, 0.1) is 16.8 Å². The number of ketones is 1. The lowest BCUT2D eigenvalue weighted by Crippen LogP contribution is -2.17. The highest BCUT2D eigenvalue weighted by atomic mass is 16.2. The molecule has 1 aliphatic heterocycles. The van der Waals surface area contributed by atoms with Crippen LogP contribution >= 0.6 is 0 Å². The fourth-order valence-electron chi connectivity index (χ4n) is 2.70. The number of rotatable bonds is 5. The molecule has 24 heavy (non-hydrogen) atoms. The van der Waals surface area contributed by atoms with Crippen LogP contribution in [0.2, 0.25) is 0 Å². The maximum atomic E-state index is 12.6. The predicted molar refractivity (Wildman–Crippen MR) is 98.0 cm³/mol. The van der Waals surface area contributed by atoms with Crippen molar-refractivity contribution in [1.82, 2.24) is 5.32 Å². The molecular weight excluding hydrogens is 298 g/mol. The lowest BCUT2D eigenvalue weighted by molar-refractivity contribution is -0.117. The Labute approximate surface area is 142 Å². The van der Waals surface area contributed by atoms with Gasteiger partial charge >= 0.3 is 0 Å². The number of Topliss-reactive ketones (excluding diaryl/α,β-unsaturated/α-hetero) is 1. The van der Waals surface area contributed by atoms with Crippen molar-refractivity contribution in [2.75, 3.05) is 0 Å². The highest BCUT2D eigenvalue weighted by molar-refractivity contribution is 6.22. The zero-order valence-electron chi connectivity index (χ0n) is 14.2. The minimum atomic E-state index is -0.259. The van der Waals surface area contributed by atoms with Gasteiger partial charge in [-0.25, -0.2) is 0 Å². The summed E-state index contributed by atoms with van der Waals surface area (Å²) < 4.78 is 0. The molecule has 3 heteroatoms. The van der Waals surface area contributed by atoms with Gasteiger partial charge in [0.15, 0.2) is 5.78 Å². The Hall–Kier alpha value is -2.94. The first kappa shape index (κ1) is 17.4. The Kier molecular flexibility index (Phi) is 5.48. The lowest BCUT2D eigenvalue weighted by atomic mass is 9.92. The molecule has 1 amide bonds. The molecule has 0 unspecified atom stereocenters. The van der Waals surface area contributed by atoms with Crippen LogP contribution in [0.4, 0.5) is 0 Å². The first-order valence-corrected chi connectivity index (χ1v) is 7.80. The van der Waals surface area contributed by atoms with Crippen molar-refractivity contribution in [3.8, 4) is 0 Å². The molecule has 1 N–H and O–H groups in total. The molecule has 0 fully saturated rings. The summed E-state index contributed by atoms with van der Waals surface area (Å²) in [5, 5.41) is 2.85. The summed E-state index contributed by atoms with van der Waals surface area (Å²) in [6.45, 7) is 9.04. The highest BCUT2D eigenvalue weighted by Crippen LogP contribution is 2.33. The summed E-state index contributed by atoms with van der Waals surface area (Å²) in [6, 6.07) is 9.40. The van der Waals surface area contributed by atoms with Crippen molar-refractivity contribution in [2.45, 2.75) is 20.8 Å². The average molecular weight is 319 g/mol. The van der Waals surface area contributed by atoms with Crippen LogP contribution in [0.3, 0.4) is 0 Å². The lowest BCUT2D eigenvalue weighted by Gasteiger charge is -2.08. The van der Waals surface area contributed by atoms with Crippen molar-refractivity contribution < 1.29 is 9.59 Å². The fourth-order valence-corrected chi connectivity index (χ4v) is 2.70. The third kappa shape index (κ3) is 3.35. The number of nitrogens with one attached hydrogen (secondary N) is 1. The molecule has 0 aliphatic carbocycles. The molecule has 2 rings (SSSR count). The summed E-state index contributed by atoms with van der Waals surface area (Å²) in [7, 11) is 0. The smallest absolute Gasteiger partial charge is 0.256 e. The zero-order chi connectivity index (χ0) is 17.7. The maximum absolute atomic E-state index is 12.6. The van der Waals surface area contributed by atoms with Gasteiger partial charge in [0, 0.05) is 0 Å². The van der Waals surface area contributed by atoms with E-state index in [2.05, 4.69) is 11.9 Å². The summed E-state index contributed by atoms with van der Waals surface area (Å²) >= 11 is 0. The number of amides is 1. The molecular formula is C21H21NO2. The Balaban J connectivity index is 2.71. The van der Waals surface area contributed by atoms with E-state index in [0.29, 0.717) is 16.8 Å². The Morgan fingerprint density at radius 1 is 1.17 bits per heavy atom. The van der Waals surface area contributed by atoms with Crippen molar-refractivity contribution >= 4 is 17.4 Å². The van der Waals surface area contributed by atoms with Gasteiger partial charge in [-0.1, -0.05) is 61.2 Å². The van der Waals surface area contributed by atoms with Crippen LogP contribution in [0.1, 0.15) is 26.3 Å². The molecule has 0 bridgehead atoms. The van der Waals surface area contributed by atoms with Gasteiger partial charge in [-0.2, -0.15) is 0 Å². The third-order valence-corrected chi connectivity index (χ3v) is 3.88. The van der Waals surface area contributed by atoms with Crippen LogP contribution < -0.4 is 5.32 Å². The molecule has 1 aromatic rings. The molecule has 122 valence electrons. The quantitative estimate of drug-likeness (QED) is 0.655. The maximum Gasteiger partial charge on any atom is 0.256 e. The van der Waals surface area contributed by atoms with Gasteiger partial charge < -0.3 is 5.32 Å². The van der Waals surface area contributed by atoms with Gasteiger partial charge in [-0.15, -0.1) is 0 Å². The van der Waals surface area contributed by atoms with Crippen LogP contribution in [-0.2, 0) is 9.59 Å². The normalized spacial score (nSPS) is 17.3. The van der Waals surface area contributed by atoms with Crippen LogP contribution in [0.15, 0.2) is 83.5 Å². The molecule has 1 aliphatic rings. The van der Waals surface area contributed by atoms with Crippen molar-refractivity contribution in [3.05, 3.63) is 89.1 Å². The Morgan fingerprint density at radius 2 is 1.83 bits per heavy atom. The van der Waals surface area contributed by atoms with Crippen LogP contribution in [-0.4, -0.2) is 11.7 Å². The van der Waals surface area contributed by atoms with Crippen molar-refractivity contribution in [2.24, 2.45) is 0 Å². The molecule has 0 saturated heterocycles. The molecule has 1 heterocycles. The van der Waals surface area contributed by atoms with E-state index in [1.165, 1.54) is 6.92 Å². The van der Waals surface area contributed by atoms with Crippen molar-refractivity contribution in [3.63, 3.8) is 0 Å². The SMILES string of the molecule is C=CC(=C\C=C/C)/C(C)=C1\C(=O)NC(c2ccccc2)=C1C(C)=O. The molecule has 0 saturated carbocycles. The second kappa shape index (κ2) is 7.55. The molecule has 1 aromatic carbocycles. The van der Waals surface area contributed by atoms with E-state index < -0.39 is 0 Å². The molecule has 0 spiro atoms. The topological polar surface area (TPSA) is 46.2 Å². The van der Waals surface area contributed by atoms with Crippen molar-refractivity contribution in [1.29, 1.82) is 0 Å². The Bertz CT molecular complexity index is 806. The van der Waals surface area contributed by atoms with E-state index in [4.69, 9.17) is 0 Å². The third-order valence-electron chi connectivity index (χ3n) is 3.88. The van der Waals surface area contributed by atoms with E-state index in [0.717, 1.165) is 16.7 Å². The minimum absolute atomic E-state index is 0.143. The highest BCUT2D eigenvalue weighted by Gasteiger charge is 2.32. The fraction of sp³-hybridized carbons (Fsp3) is 0.143. The predicted octanol–water partition coefficient (Wildman–Crippen LogP) is 4.12. The van der Waals surface area contributed by atoms with Crippen LogP contribution in [0.5, 0.6) is 0 Å². The second-order valence-electron chi connectivity index (χ2n) is 5.48. The van der Waals surface area contributed by atoms with Gasteiger partial charge in [0.25, 0.3) is 5.91 Å². The molecule has 3 nitrogen and oxygen atoms in total. The molecule has 0 aromatic heterocycles. The van der Waals surface area contributed by atoms with E-state index >= 15 is 0 Å². The van der Waals surface area contributed by atoms with Crippen LogP contribution in [0, 0.1) is 0 Å². The zero-order valence-corrected chi connectivity index (χ0v) is 14.2. The first-order chi connectivity index (χ1) is 11.5. The van der Waals surface area contributed by atoms with Gasteiger partial charge in [-0.05, 0) is 37.5 Å². The first-order valence-electron chi connectivity index (χ1n) is 7.80. The second-order valence-corrected chi connectivity index (χ2v) is 5.48. The molecule has 0 radical (unpaired) electrons. The summed E-state index contributed by atoms with van der Waals surface area (Å²) in [5.41, 5.74) is 3.77. The van der Waals surface area contributed by atoms with E-state index in [1.54, 1.807) is 6.08 Å². The number of carbonyl (C=O) groups is 2. The number of benzene rings is 1. The summed E-state index contributed by atoms with van der Waals surface area (Å²) in [4.78, 5) is 24.8. The van der Waals surface area contributed by atoms with E-state index in [-0.39, 0.29) is 11.7 Å².